The molecule has 1 aliphatic heterocycles. The smallest absolute Gasteiger partial charge is 0.191 e. The molecule has 0 saturated carbocycles. The summed E-state index contributed by atoms with van der Waals surface area (Å²) >= 11 is 1.53. The standard InChI is InChI=1S/C12H17N5OS/c1-13-10-8-7-14-17(9-5-3-4-6-18-9)11(8)16-12(15-10)19-2/h7,9H,3-6H2,1-2H3,(H,13,15,16). The lowest BCUT2D eigenvalue weighted by Gasteiger charge is -2.23. The molecule has 0 aromatic carbocycles. The van der Waals surface area contributed by atoms with Crippen molar-refractivity contribution in [2.24, 2.45) is 0 Å². The van der Waals surface area contributed by atoms with Crippen LogP contribution < -0.4 is 5.32 Å². The van der Waals surface area contributed by atoms with Gasteiger partial charge in [0.15, 0.2) is 17.0 Å². The van der Waals surface area contributed by atoms with E-state index in [1.165, 1.54) is 18.2 Å². The monoisotopic (exact) mass is 279 g/mol. The van der Waals surface area contributed by atoms with Crippen molar-refractivity contribution in [2.75, 3.05) is 25.2 Å². The third-order valence-electron chi connectivity index (χ3n) is 3.28. The van der Waals surface area contributed by atoms with Gasteiger partial charge in [0.25, 0.3) is 0 Å². The molecular weight excluding hydrogens is 262 g/mol. The van der Waals surface area contributed by atoms with Gasteiger partial charge in [0.1, 0.15) is 5.82 Å². The first-order valence-corrected chi connectivity index (χ1v) is 7.64. The van der Waals surface area contributed by atoms with Crippen LogP contribution in [0.5, 0.6) is 0 Å². The van der Waals surface area contributed by atoms with Crippen LogP contribution in [-0.2, 0) is 4.74 Å². The van der Waals surface area contributed by atoms with Gasteiger partial charge in [0, 0.05) is 13.7 Å². The Balaban J connectivity index is 2.09. The summed E-state index contributed by atoms with van der Waals surface area (Å²) in [5.74, 6) is 0.816. The lowest BCUT2D eigenvalue weighted by molar-refractivity contribution is -0.0370. The number of thioether (sulfide) groups is 1. The maximum Gasteiger partial charge on any atom is 0.191 e. The van der Waals surface area contributed by atoms with Gasteiger partial charge in [-0.2, -0.15) is 5.10 Å². The summed E-state index contributed by atoms with van der Waals surface area (Å²) < 4.78 is 7.68. The number of hydrogen-bond donors (Lipinski definition) is 1. The molecule has 7 heteroatoms. The topological polar surface area (TPSA) is 64.9 Å². The summed E-state index contributed by atoms with van der Waals surface area (Å²) in [4.78, 5) is 9.01. The van der Waals surface area contributed by atoms with Crippen molar-refractivity contribution in [3.8, 4) is 0 Å². The van der Waals surface area contributed by atoms with Gasteiger partial charge in [-0.15, -0.1) is 0 Å². The second-order valence-electron chi connectivity index (χ2n) is 4.46. The highest BCUT2D eigenvalue weighted by molar-refractivity contribution is 7.98. The van der Waals surface area contributed by atoms with E-state index in [4.69, 9.17) is 4.74 Å². The van der Waals surface area contributed by atoms with E-state index in [0.29, 0.717) is 0 Å². The molecule has 1 atom stereocenters. The number of hydrogen-bond acceptors (Lipinski definition) is 6. The van der Waals surface area contributed by atoms with E-state index in [1.807, 2.05) is 24.2 Å². The van der Waals surface area contributed by atoms with E-state index in [0.717, 1.165) is 41.5 Å². The molecule has 3 rings (SSSR count). The van der Waals surface area contributed by atoms with Crippen LogP contribution in [0, 0.1) is 0 Å². The Bertz CT molecular complexity index is 579. The summed E-state index contributed by atoms with van der Waals surface area (Å²) in [5.41, 5.74) is 0.843. The molecule has 1 saturated heterocycles. The van der Waals surface area contributed by atoms with Gasteiger partial charge < -0.3 is 10.1 Å². The molecule has 1 fully saturated rings. The van der Waals surface area contributed by atoms with Crippen LogP contribution in [0.4, 0.5) is 5.82 Å². The van der Waals surface area contributed by atoms with E-state index < -0.39 is 0 Å². The summed E-state index contributed by atoms with van der Waals surface area (Å²) in [6.45, 7) is 0.797. The Kier molecular flexibility index (Phi) is 3.56. The van der Waals surface area contributed by atoms with Crippen LogP contribution in [0.25, 0.3) is 11.0 Å². The second kappa shape index (κ2) is 5.34. The zero-order valence-corrected chi connectivity index (χ0v) is 11.9. The van der Waals surface area contributed by atoms with E-state index in [2.05, 4.69) is 20.4 Å². The fraction of sp³-hybridized carbons (Fsp3) is 0.583. The lowest BCUT2D eigenvalue weighted by Crippen LogP contribution is -2.19. The fourth-order valence-electron chi connectivity index (χ4n) is 2.31. The summed E-state index contributed by atoms with van der Waals surface area (Å²) in [5, 5.41) is 9.23. The molecule has 102 valence electrons. The highest BCUT2D eigenvalue weighted by atomic mass is 32.2. The Morgan fingerprint density at radius 1 is 1.42 bits per heavy atom. The van der Waals surface area contributed by atoms with Crippen molar-refractivity contribution in [2.45, 2.75) is 30.6 Å². The average Bonchev–Trinajstić information content (AvgIpc) is 2.90. The summed E-state index contributed by atoms with van der Waals surface area (Å²) in [6.07, 6.45) is 7.07. The second-order valence-corrected chi connectivity index (χ2v) is 5.23. The normalized spacial score (nSPS) is 19.8. The van der Waals surface area contributed by atoms with Gasteiger partial charge in [-0.25, -0.2) is 14.6 Å². The van der Waals surface area contributed by atoms with Crippen LogP contribution in [0.15, 0.2) is 11.4 Å². The number of nitrogens with zero attached hydrogens (tertiary/aromatic N) is 4. The quantitative estimate of drug-likeness (QED) is 0.687. The molecule has 0 radical (unpaired) electrons. The maximum absolute atomic E-state index is 5.79. The number of anilines is 1. The zero-order chi connectivity index (χ0) is 13.2. The molecule has 19 heavy (non-hydrogen) atoms. The number of fused-ring (bicyclic) bond motifs is 1. The molecule has 6 nitrogen and oxygen atoms in total. The highest BCUT2D eigenvalue weighted by Crippen LogP contribution is 2.28. The fourth-order valence-corrected chi connectivity index (χ4v) is 2.68. The van der Waals surface area contributed by atoms with Crippen LogP contribution >= 0.6 is 11.8 Å². The minimum absolute atomic E-state index is 0.000521. The van der Waals surface area contributed by atoms with E-state index in [9.17, 15) is 0 Å². The molecule has 1 aliphatic rings. The first-order valence-electron chi connectivity index (χ1n) is 6.42. The van der Waals surface area contributed by atoms with Crippen LogP contribution in [0.1, 0.15) is 25.5 Å². The molecule has 2 aromatic rings. The highest BCUT2D eigenvalue weighted by Gasteiger charge is 2.21. The first kappa shape index (κ1) is 12.7. The van der Waals surface area contributed by atoms with Crippen molar-refractivity contribution < 1.29 is 4.74 Å². The van der Waals surface area contributed by atoms with E-state index in [1.54, 1.807) is 0 Å². The molecule has 1 unspecified atom stereocenters. The molecule has 3 heterocycles. The third-order valence-corrected chi connectivity index (χ3v) is 3.83. The zero-order valence-electron chi connectivity index (χ0n) is 11.1. The van der Waals surface area contributed by atoms with E-state index >= 15 is 0 Å². The molecule has 0 spiro atoms. The van der Waals surface area contributed by atoms with E-state index in [-0.39, 0.29) is 6.23 Å². The van der Waals surface area contributed by atoms with Gasteiger partial charge in [0.05, 0.1) is 11.6 Å². The predicted molar refractivity (Wildman–Crippen MR) is 75.5 cm³/mol. The van der Waals surface area contributed by atoms with Crippen LogP contribution in [0.3, 0.4) is 0 Å². The SMILES string of the molecule is CNc1nc(SC)nc2c1cnn2C1CCCCO1. The first-order chi connectivity index (χ1) is 9.33. The number of aromatic nitrogens is 4. The minimum atomic E-state index is 0.000521. The van der Waals surface area contributed by atoms with Gasteiger partial charge >= 0.3 is 0 Å². The summed E-state index contributed by atoms with van der Waals surface area (Å²) in [7, 11) is 1.86. The number of rotatable bonds is 3. The van der Waals surface area contributed by atoms with Crippen LogP contribution in [0.2, 0.25) is 0 Å². The number of ether oxygens (including phenoxy) is 1. The van der Waals surface area contributed by atoms with Crippen molar-refractivity contribution in [3.05, 3.63) is 6.20 Å². The Morgan fingerprint density at radius 3 is 3.00 bits per heavy atom. The minimum Gasteiger partial charge on any atom is -0.372 e. The Morgan fingerprint density at radius 2 is 2.32 bits per heavy atom. The van der Waals surface area contributed by atoms with Crippen LogP contribution in [-0.4, -0.2) is 39.7 Å². The molecule has 2 aromatic heterocycles. The van der Waals surface area contributed by atoms with Crippen molar-refractivity contribution >= 4 is 28.6 Å². The Labute approximate surface area is 115 Å². The average molecular weight is 279 g/mol. The van der Waals surface area contributed by atoms with Gasteiger partial charge in [-0.3, -0.25) is 0 Å². The molecule has 0 bridgehead atoms. The van der Waals surface area contributed by atoms with Gasteiger partial charge in [-0.1, -0.05) is 11.8 Å². The van der Waals surface area contributed by atoms with Crippen molar-refractivity contribution in [1.29, 1.82) is 0 Å². The molecule has 1 N–H and O–H groups in total. The molecule has 0 aliphatic carbocycles. The van der Waals surface area contributed by atoms with Gasteiger partial charge in [-0.05, 0) is 25.5 Å². The maximum atomic E-state index is 5.79. The largest absolute Gasteiger partial charge is 0.372 e. The van der Waals surface area contributed by atoms with Crippen molar-refractivity contribution in [3.63, 3.8) is 0 Å². The third kappa shape index (κ3) is 2.28. The van der Waals surface area contributed by atoms with Gasteiger partial charge in [0.2, 0.25) is 0 Å². The molecular formula is C12H17N5OS. The number of nitrogens with one attached hydrogen (secondary N) is 1. The summed E-state index contributed by atoms with van der Waals surface area (Å²) in [6, 6.07) is 0. The Hall–Kier alpha value is -1.34. The predicted octanol–water partition coefficient (Wildman–Crippen LogP) is 2.29. The lowest BCUT2D eigenvalue weighted by atomic mass is 10.2. The molecule has 0 amide bonds. The van der Waals surface area contributed by atoms with Crippen molar-refractivity contribution in [1.82, 2.24) is 19.7 Å².